The van der Waals surface area contributed by atoms with Crippen molar-refractivity contribution in [2.45, 2.75) is 32.6 Å². The van der Waals surface area contributed by atoms with E-state index in [9.17, 15) is 0 Å². The zero-order chi connectivity index (χ0) is 9.52. The molecule has 0 aliphatic rings. The molecule has 0 radical (unpaired) electrons. The number of nitriles is 1. The van der Waals surface area contributed by atoms with Crippen LogP contribution in [0.3, 0.4) is 0 Å². The van der Waals surface area contributed by atoms with Crippen molar-refractivity contribution in [2.24, 2.45) is 0 Å². The molecular formula is C12H15N. The van der Waals surface area contributed by atoms with Gasteiger partial charge in [0.2, 0.25) is 0 Å². The van der Waals surface area contributed by atoms with Crippen LogP contribution >= 0.6 is 0 Å². The molecule has 0 aromatic heterocycles. The molecule has 68 valence electrons. The van der Waals surface area contributed by atoms with Gasteiger partial charge in [0.05, 0.1) is 11.6 Å². The zero-order valence-electron chi connectivity index (χ0n) is 8.09. The summed E-state index contributed by atoms with van der Waals surface area (Å²) in [5, 5.41) is 8.82. The van der Waals surface area contributed by atoms with E-state index in [4.69, 9.17) is 5.26 Å². The second-order valence-electron chi connectivity index (χ2n) is 3.23. The normalized spacial score (nSPS) is 9.54. The first kappa shape index (κ1) is 9.80. The van der Waals surface area contributed by atoms with Gasteiger partial charge >= 0.3 is 0 Å². The third kappa shape index (κ3) is 2.91. The Balaban J connectivity index is 2.60. The SMILES string of the molecule is CCCCCc1ccccc1C#N. The van der Waals surface area contributed by atoms with E-state index >= 15 is 0 Å². The minimum Gasteiger partial charge on any atom is -0.192 e. The van der Waals surface area contributed by atoms with Gasteiger partial charge in [0, 0.05) is 0 Å². The largest absolute Gasteiger partial charge is 0.192 e. The highest BCUT2D eigenvalue weighted by Crippen LogP contribution is 2.11. The van der Waals surface area contributed by atoms with Crippen molar-refractivity contribution >= 4 is 0 Å². The summed E-state index contributed by atoms with van der Waals surface area (Å²) >= 11 is 0. The van der Waals surface area contributed by atoms with Crippen LogP contribution in [0.1, 0.15) is 37.3 Å². The van der Waals surface area contributed by atoms with Gasteiger partial charge in [-0.2, -0.15) is 5.26 Å². The van der Waals surface area contributed by atoms with Crippen LogP contribution in [0, 0.1) is 11.3 Å². The number of unbranched alkanes of at least 4 members (excludes halogenated alkanes) is 2. The highest BCUT2D eigenvalue weighted by molar-refractivity contribution is 5.37. The van der Waals surface area contributed by atoms with Crippen LogP contribution < -0.4 is 0 Å². The molecule has 0 spiro atoms. The van der Waals surface area contributed by atoms with E-state index < -0.39 is 0 Å². The van der Waals surface area contributed by atoms with Crippen LogP contribution in [-0.4, -0.2) is 0 Å². The van der Waals surface area contributed by atoms with Gasteiger partial charge in [0.25, 0.3) is 0 Å². The molecule has 0 amide bonds. The van der Waals surface area contributed by atoms with E-state index in [1.54, 1.807) is 0 Å². The summed E-state index contributed by atoms with van der Waals surface area (Å²) in [4.78, 5) is 0. The Morgan fingerprint density at radius 2 is 2.00 bits per heavy atom. The average molecular weight is 173 g/mol. The standard InChI is InChI=1S/C12H15N/c1-2-3-4-7-11-8-5-6-9-12(11)10-13/h5-6,8-9H,2-4,7H2,1H3. The number of aryl methyl sites for hydroxylation is 1. The molecule has 0 heterocycles. The van der Waals surface area contributed by atoms with Crippen LogP contribution in [0.4, 0.5) is 0 Å². The van der Waals surface area contributed by atoms with E-state index in [0.29, 0.717) is 0 Å². The van der Waals surface area contributed by atoms with Gasteiger partial charge < -0.3 is 0 Å². The highest BCUT2D eigenvalue weighted by Gasteiger charge is 1.98. The van der Waals surface area contributed by atoms with E-state index in [-0.39, 0.29) is 0 Å². The molecule has 0 saturated carbocycles. The maximum atomic E-state index is 8.82. The van der Waals surface area contributed by atoms with Crippen LogP contribution in [0.2, 0.25) is 0 Å². The Morgan fingerprint density at radius 1 is 1.23 bits per heavy atom. The summed E-state index contributed by atoms with van der Waals surface area (Å²) in [6.45, 7) is 2.19. The van der Waals surface area contributed by atoms with Crippen molar-refractivity contribution in [2.75, 3.05) is 0 Å². The van der Waals surface area contributed by atoms with Gasteiger partial charge in [-0.1, -0.05) is 38.0 Å². The predicted octanol–water partition coefficient (Wildman–Crippen LogP) is 3.29. The molecule has 0 fully saturated rings. The third-order valence-electron chi connectivity index (χ3n) is 2.19. The first-order valence-electron chi connectivity index (χ1n) is 4.86. The van der Waals surface area contributed by atoms with Gasteiger partial charge in [-0.05, 0) is 24.5 Å². The lowest BCUT2D eigenvalue weighted by atomic mass is 10.0. The second-order valence-corrected chi connectivity index (χ2v) is 3.23. The lowest BCUT2D eigenvalue weighted by Crippen LogP contribution is -1.89. The monoisotopic (exact) mass is 173 g/mol. The van der Waals surface area contributed by atoms with Crippen molar-refractivity contribution in [3.05, 3.63) is 35.4 Å². The fraction of sp³-hybridized carbons (Fsp3) is 0.417. The first-order valence-corrected chi connectivity index (χ1v) is 4.86. The molecule has 0 atom stereocenters. The molecule has 1 nitrogen and oxygen atoms in total. The summed E-state index contributed by atoms with van der Waals surface area (Å²) in [7, 11) is 0. The Kier molecular flexibility index (Phi) is 4.05. The molecule has 0 aliphatic heterocycles. The molecular weight excluding hydrogens is 158 g/mol. The van der Waals surface area contributed by atoms with Gasteiger partial charge in [-0.3, -0.25) is 0 Å². The van der Waals surface area contributed by atoms with Crippen molar-refractivity contribution < 1.29 is 0 Å². The van der Waals surface area contributed by atoms with Gasteiger partial charge in [-0.15, -0.1) is 0 Å². The summed E-state index contributed by atoms with van der Waals surface area (Å²) in [5.74, 6) is 0. The molecule has 1 rings (SSSR count). The quantitative estimate of drug-likeness (QED) is 0.641. The van der Waals surface area contributed by atoms with E-state index in [2.05, 4.69) is 13.0 Å². The summed E-state index contributed by atoms with van der Waals surface area (Å²) in [5.41, 5.74) is 2.03. The minimum atomic E-state index is 0.832. The van der Waals surface area contributed by atoms with Gasteiger partial charge in [0.15, 0.2) is 0 Å². The van der Waals surface area contributed by atoms with Crippen molar-refractivity contribution in [1.82, 2.24) is 0 Å². The lowest BCUT2D eigenvalue weighted by molar-refractivity contribution is 0.716. The fourth-order valence-electron chi connectivity index (χ4n) is 1.41. The fourth-order valence-corrected chi connectivity index (χ4v) is 1.41. The molecule has 1 heteroatoms. The maximum Gasteiger partial charge on any atom is 0.0994 e. The molecule has 0 saturated heterocycles. The molecule has 0 unspecified atom stereocenters. The zero-order valence-corrected chi connectivity index (χ0v) is 8.09. The molecule has 0 aliphatic carbocycles. The first-order chi connectivity index (χ1) is 6.38. The third-order valence-corrected chi connectivity index (χ3v) is 2.19. The molecule has 1 aromatic rings. The average Bonchev–Trinajstić information content (AvgIpc) is 2.19. The predicted molar refractivity (Wildman–Crippen MR) is 54.4 cm³/mol. The van der Waals surface area contributed by atoms with Crippen molar-refractivity contribution in [3.63, 3.8) is 0 Å². The van der Waals surface area contributed by atoms with Crippen LogP contribution in [0.25, 0.3) is 0 Å². The van der Waals surface area contributed by atoms with Crippen LogP contribution in [0.5, 0.6) is 0 Å². The van der Waals surface area contributed by atoms with E-state index in [0.717, 1.165) is 12.0 Å². The van der Waals surface area contributed by atoms with Crippen molar-refractivity contribution in [3.8, 4) is 6.07 Å². The highest BCUT2D eigenvalue weighted by atomic mass is 14.2. The Labute approximate surface area is 80.0 Å². The van der Waals surface area contributed by atoms with Gasteiger partial charge in [-0.25, -0.2) is 0 Å². The van der Waals surface area contributed by atoms with Crippen LogP contribution in [0.15, 0.2) is 24.3 Å². The molecule has 0 N–H and O–H groups in total. The summed E-state index contributed by atoms with van der Waals surface area (Å²) in [6.07, 6.45) is 4.71. The second kappa shape index (κ2) is 5.37. The number of benzene rings is 1. The number of rotatable bonds is 4. The van der Waals surface area contributed by atoms with Crippen molar-refractivity contribution in [1.29, 1.82) is 5.26 Å². The minimum absolute atomic E-state index is 0.832. The molecule has 0 bridgehead atoms. The Morgan fingerprint density at radius 3 is 2.69 bits per heavy atom. The Hall–Kier alpha value is -1.29. The number of hydrogen-bond donors (Lipinski definition) is 0. The van der Waals surface area contributed by atoms with E-state index in [1.807, 2.05) is 24.3 Å². The Bertz CT molecular complexity index is 296. The van der Waals surface area contributed by atoms with E-state index in [1.165, 1.54) is 24.8 Å². The lowest BCUT2D eigenvalue weighted by Gasteiger charge is -2.01. The maximum absolute atomic E-state index is 8.82. The summed E-state index contributed by atoms with van der Waals surface area (Å²) in [6, 6.07) is 10.1. The smallest absolute Gasteiger partial charge is 0.0994 e. The van der Waals surface area contributed by atoms with Gasteiger partial charge in [0.1, 0.15) is 0 Å². The van der Waals surface area contributed by atoms with Crippen LogP contribution in [-0.2, 0) is 6.42 Å². The molecule has 13 heavy (non-hydrogen) atoms. The number of hydrogen-bond acceptors (Lipinski definition) is 1. The molecule has 1 aromatic carbocycles. The topological polar surface area (TPSA) is 23.8 Å². The number of nitrogens with zero attached hydrogens (tertiary/aromatic N) is 1. The summed E-state index contributed by atoms with van der Waals surface area (Å²) < 4.78 is 0.